The zero-order chi connectivity index (χ0) is 9.19. The van der Waals surface area contributed by atoms with Crippen molar-refractivity contribution in [1.29, 1.82) is 5.26 Å². The summed E-state index contributed by atoms with van der Waals surface area (Å²) in [5, 5.41) is 8.22. The van der Waals surface area contributed by atoms with Gasteiger partial charge >= 0.3 is 5.51 Å². The van der Waals surface area contributed by atoms with Gasteiger partial charge in [0, 0.05) is 18.0 Å². The van der Waals surface area contributed by atoms with E-state index < -0.39 is 5.51 Å². The van der Waals surface area contributed by atoms with E-state index in [4.69, 9.17) is 5.26 Å². The first-order valence-corrected chi connectivity index (χ1v) is 3.67. The molecule has 0 bridgehead atoms. The summed E-state index contributed by atoms with van der Waals surface area (Å²) in [5.74, 6) is 0. The highest BCUT2D eigenvalue weighted by atomic mass is 32.2. The average Bonchev–Trinajstić information content (AvgIpc) is 2.32. The fourth-order valence-corrected chi connectivity index (χ4v) is 1.17. The van der Waals surface area contributed by atoms with Gasteiger partial charge in [-0.05, 0) is 6.07 Å². The van der Waals surface area contributed by atoms with Crippen LogP contribution in [0.4, 0.5) is 13.2 Å². The fourth-order valence-electron chi connectivity index (χ4n) is 0.622. The van der Waals surface area contributed by atoms with E-state index in [1.807, 2.05) is 0 Å². The third-order valence-corrected chi connectivity index (χ3v) is 1.70. The van der Waals surface area contributed by atoms with Gasteiger partial charge in [0.05, 0.1) is 10.6 Å². The molecule has 0 saturated heterocycles. The number of thioether (sulfide) groups is 1. The van der Waals surface area contributed by atoms with Crippen LogP contribution in [0.2, 0.25) is 0 Å². The molecule has 0 unspecified atom stereocenters. The first-order chi connectivity index (χ1) is 5.51. The second-order valence-electron chi connectivity index (χ2n) is 1.91. The lowest BCUT2D eigenvalue weighted by Crippen LogP contribution is -1.98. The Balaban J connectivity index is 2.72. The van der Waals surface area contributed by atoms with E-state index in [2.05, 4.69) is 4.98 Å². The van der Waals surface area contributed by atoms with Crippen LogP contribution in [0.15, 0.2) is 17.3 Å². The second-order valence-corrected chi connectivity index (χ2v) is 3.02. The van der Waals surface area contributed by atoms with Gasteiger partial charge in [-0.15, -0.1) is 0 Å². The maximum Gasteiger partial charge on any atom is 0.447 e. The van der Waals surface area contributed by atoms with Crippen LogP contribution in [0.5, 0.6) is 0 Å². The molecular weight excluding hydrogens is 189 g/mol. The number of nitrogens with zero attached hydrogens (tertiary/aromatic N) is 1. The molecule has 0 aromatic carbocycles. The quantitative estimate of drug-likeness (QED) is 0.694. The average molecular weight is 192 g/mol. The highest BCUT2D eigenvalue weighted by Gasteiger charge is 2.29. The topological polar surface area (TPSA) is 39.6 Å². The second kappa shape index (κ2) is 3.11. The number of alkyl halides is 3. The van der Waals surface area contributed by atoms with Gasteiger partial charge < -0.3 is 4.98 Å². The van der Waals surface area contributed by atoms with Crippen molar-refractivity contribution in [2.24, 2.45) is 0 Å². The maximum atomic E-state index is 11.7. The van der Waals surface area contributed by atoms with Crippen molar-refractivity contribution < 1.29 is 13.2 Å². The van der Waals surface area contributed by atoms with E-state index in [1.54, 1.807) is 6.07 Å². The van der Waals surface area contributed by atoms with E-state index in [-0.39, 0.29) is 22.4 Å². The zero-order valence-corrected chi connectivity index (χ0v) is 6.46. The number of H-pyrrole nitrogens is 1. The van der Waals surface area contributed by atoms with Crippen LogP contribution in [-0.4, -0.2) is 10.5 Å². The third-order valence-electron chi connectivity index (χ3n) is 1.01. The van der Waals surface area contributed by atoms with Gasteiger partial charge in [-0.3, -0.25) is 0 Å². The zero-order valence-electron chi connectivity index (χ0n) is 5.64. The highest BCUT2D eigenvalue weighted by Crippen LogP contribution is 2.36. The summed E-state index contributed by atoms with van der Waals surface area (Å²) in [6.45, 7) is 0. The molecule has 1 N–H and O–H groups in total. The molecule has 0 atom stereocenters. The van der Waals surface area contributed by atoms with Crippen LogP contribution in [0.3, 0.4) is 0 Å². The minimum absolute atomic E-state index is 0.0703. The Labute approximate surface area is 70.4 Å². The first kappa shape index (κ1) is 9.00. The number of rotatable bonds is 1. The van der Waals surface area contributed by atoms with Gasteiger partial charge in [-0.25, -0.2) is 0 Å². The number of nitriles is 1. The van der Waals surface area contributed by atoms with Crippen LogP contribution in [0.25, 0.3) is 0 Å². The summed E-state index contributed by atoms with van der Waals surface area (Å²) in [6, 6.07) is 2.87. The first-order valence-electron chi connectivity index (χ1n) is 2.85. The van der Waals surface area contributed by atoms with Crippen LogP contribution >= 0.6 is 11.8 Å². The molecule has 0 aliphatic carbocycles. The fraction of sp³-hybridized carbons (Fsp3) is 0.167. The molecule has 0 aliphatic rings. The van der Waals surface area contributed by atoms with Crippen molar-refractivity contribution in [2.75, 3.05) is 0 Å². The number of aromatic nitrogens is 1. The predicted molar refractivity (Wildman–Crippen MR) is 37.4 cm³/mol. The number of halogens is 3. The molecule has 1 heterocycles. The summed E-state index contributed by atoms with van der Waals surface area (Å²) < 4.78 is 35.1. The molecule has 0 aliphatic heterocycles. The van der Waals surface area contributed by atoms with E-state index in [0.717, 1.165) is 6.07 Å². The van der Waals surface area contributed by atoms with Crippen LogP contribution in [0.1, 0.15) is 5.56 Å². The maximum absolute atomic E-state index is 11.7. The molecule has 64 valence electrons. The smallest absolute Gasteiger partial charge is 0.355 e. The van der Waals surface area contributed by atoms with Crippen molar-refractivity contribution in [3.63, 3.8) is 0 Å². The Morgan fingerprint density at radius 3 is 2.58 bits per heavy atom. The van der Waals surface area contributed by atoms with Crippen LogP contribution in [-0.2, 0) is 0 Å². The number of aromatic amines is 1. The van der Waals surface area contributed by atoms with Crippen molar-refractivity contribution >= 4 is 11.8 Å². The van der Waals surface area contributed by atoms with Crippen LogP contribution < -0.4 is 0 Å². The Bertz CT molecular complexity index is 309. The molecule has 0 radical (unpaired) electrons. The third kappa shape index (κ3) is 2.51. The van der Waals surface area contributed by atoms with Crippen molar-refractivity contribution in [3.05, 3.63) is 17.8 Å². The molecule has 0 fully saturated rings. The lowest BCUT2D eigenvalue weighted by molar-refractivity contribution is -0.0329. The summed E-state index contributed by atoms with van der Waals surface area (Å²) in [7, 11) is 0. The van der Waals surface area contributed by atoms with Crippen LogP contribution in [0, 0.1) is 11.3 Å². The SMILES string of the molecule is N#Cc1c[nH]c(SC(F)(F)F)c1. The largest absolute Gasteiger partial charge is 0.447 e. The summed E-state index contributed by atoms with van der Waals surface area (Å²) in [4.78, 5) is 2.33. The standard InChI is InChI=1S/C6H3F3N2S/c7-6(8,9)12-5-1-4(2-10)3-11-5/h1,3,11H. The van der Waals surface area contributed by atoms with Crippen molar-refractivity contribution in [1.82, 2.24) is 4.98 Å². The predicted octanol–water partition coefficient (Wildman–Crippen LogP) is 2.50. The van der Waals surface area contributed by atoms with Crippen molar-refractivity contribution in [2.45, 2.75) is 10.5 Å². The summed E-state index contributed by atoms with van der Waals surface area (Å²) in [5.41, 5.74) is -4.11. The normalized spacial score (nSPS) is 11.2. The van der Waals surface area contributed by atoms with Gasteiger partial charge in [0.15, 0.2) is 0 Å². The molecule has 6 heteroatoms. The monoisotopic (exact) mass is 192 g/mol. The van der Waals surface area contributed by atoms with Gasteiger partial charge in [-0.2, -0.15) is 18.4 Å². The molecular formula is C6H3F3N2S. The molecule has 1 aromatic heterocycles. The van der Waals surface area contributed by atoms with Gasteiger partial charge in [0.2, 0.25) is 0 Å². The lowest BCUT2D eigenvalue weighted by atomic mass is 10.4. The van der Waals surface area contributed by atoms with Crippen molar-refractivity contribution in [3.8, 4) is 6.07 Å². The Morgan fingerprint density at radius 2 is 2.17 bits per heavy atom. The highest BCUT2D eigenvalue weighted by molar-refractivity contribution is 8.00. The molecule has 1 aromatic rings. The Kier molecular flexibility index (Phi) is 2.33. The van der Waals surface area contributed by atoms with Gasteiger partial charge in [-0.1, -0.05) is 0 Å². The molecule has 1 rings (SSSR count). The Morgan fingerprint density at radius 1 is 1.50 bits per heavy atom. The number of nitrogens with one attached hydrogen (secondary N) is 1. The van der Waals surface area contributed by atoms with Gasteiger partial charge in [0.1, 0.15) is 6.07 Å². The van der Waals surface area contributed by atoms with Gasteiger partial charge in [0.25, 0.3) is 0 Å². The minimum atomic E-state index is -4.31. The van der Waals surface area contributed by atoms with E-state index >= 15 is 0 Å². The Hall–Kier alpha value is -1.09. The molecule has 2 nitrogen and oxygen atoms in total. The molecule has 12 heavy (non-hydrogen) atoms. The summed E-state index contributed by atoms with van der Waals surface area (Å²) in [6.07, 6.45) is 1.23. The van der Waals surface area contributed by atoms with E-state index in [9.17, 15) is 13.2 Å². The number of hydrogen-bond acceptors (Lipinski definition) is 2. The number of hydrogen-bond donors (Lipinski definition) is 1. The lowest BCUT2D eigenvalue weighted by Gasteiger charge is -2.01. The van der Waals surface area contributed by atoms with E-state index in [0.29, 0.717) is 0 Å². The summed E-state index contributed by atoms with van der Waals surface area (Å²) >= 11 is -0.270. The van der Waals surface area contributed by atoms with E-state index in [1.165, 1.54) is 6.20 Å². The minimum Gasteiger partial charge on any atom is -0.355 e. The molecule has 0 saturated carbocycles. The molecule has 0 amide bonds. The molecule has 0 spiro atoms.